The van der Waals surface area contributed by atoms with E-state index < -0.39 is 0 Å². The molecule has 1 aliphatic carbocycles. The average Bonchev–Trinajstić information content (AvgIpc) is 3.05. The first-order valence-corrected chi connectivity index (χ1v) is 10.1. The summed E-state index contributed by atoms with van der Waals surface area (Å²) in [4.78, 5) is 17.2. The van der Waals surface area contributed by atoms with Crippen molar-refractivity contribution in [2.24, 2.45) is 12.5 Å². The molecular formula is C19H31N5O2. The number of rotatable bonds is 3. The summed E-state index contributed by atoms with van der Waals surface area (Å²) in [6.45, 7) is 3.91. The molecule has 7 heteroatoms. The molecule has 1 amide bonds. The normalized spacial score (nSPS) is 30.1. The number of aliphatic hydroxyl groups is 1. The Morgan fingerprint density at radius 3 is 2.58 bits per heavy atom. The van der Waals surface area contributed by atoms with Gasteiger partial charge in [-0.05, 0) is 63.5 Å². The van der Waals surface area contributed by atoms with Crippen molar-refractivity contribution < 1.29 is 9.90 Å². The molecule has 7 nitrogen and oxygen atoms in total. The summed E-state index contributed by atoms with van der Waals surface area (Å²) in [7, 11) is 1.99. The minimum atomic E-state index is -0.163. The topological polar surface area (TPSA) is 74.5 Å². The lowest BCUT2D eigenvalue weighted by Crippen LogP contribution is -2.55. The van der Waals surface area contributed by atoms with E-state index in [2.05, 4.69) is 20.0 Å². The van der Waals surface area contributed by atoms with Crippen LogP contribution in [-0.2, 0) is 18.4 Å². The van der Waals surface area contributed by atoms with E-state index in [-0.39, 0.29) is 6.10 Å². The first-order chi connectivity index (χ1) is 12.5. The lowest BCUT2D eigenvalue weighted by atomic mass is 9.71. The van der Waals surface area contributed by atoms with Crippen molar-refractivity contribution in [3.8, 4) is 0 Å². The number of aryl methyl sites for hydroxylation is 1. The molecule has 1 saturated carbocycles. The molecule has 1 N–H and O–H groups in total. The van der Waals surface area contributed by atoms with E-state index in [0.717, 1.165) is 76.9 Å². The van der Waals surface area contributed by atoms with Gasteiger partial charge in [-0.2, -0.15) is 0 Å². The first-order valence-electron chi connectivity index (χ1n) is 10.1. The van der Waals surface area contributed by atoms with Crippen LogP contribution in [0.3, 0.4) is 0 Å². The van der Waals surface area contributed by atoms with Crippen molar-refractivity contribution in [1.82, 2.24) is 24.6 Å². The molecule has 0 unspecified atom stereocenters. The van der Waals surface area contributed by atoms with Crippen molar-refractivity contribution in [3.63, 3.8) is 0 Å². The number of nitrogens with zero attached hydrogens (tertiary/aromatic N) is 5. The van der Waals surface area contributed by atoms with E-state index in [1.807, 2.05) is 11.6 Å². The van der Waals surface area contributed by atoms with Crippen molar-refractivity contribution in [1.29, 1.82) is 0 Å². The summed E-state index contributed by atoms with van der Waals surface area (Å²) in [5.41, 5.74) is 0.292. The van der Waals surface area contributed by atoms with Crippen LogP contribution in [0.2, 0.25) is 0 Å². The molecule has 1 aromatic rings. The number of carbonyl (C=O) groups excluding carboxylic acids is 1. The Kier molecular flexibility index (Phi) is 5.01. The second kappa shape index (κ2) is 7.27. The highest BCUT2D eigenvalue weighted by Gasteiger charge is 2.43. The summed E-state index contributed by atoms with van der Waals surface area (Å²) in [6.07, 6.45) is 9.24. The SMILES string of the molecule is Cn1cnnc1CN1CCC2(CCC(=O)N(C3CCC(O)CC3)C2)CC1. The zero-order chi connectivity index (χ0) is 18.1. The Balaban J connectivity index is 1.35. The minimum absolute atomic E-state index is 0.163. The van der Waals surface area contributed by atoms with Gasteiger partial charge in [0.1, 0.15) is 12.2 Å². The highest BCUT2D eigenvalue weighted by Crippen LogP contribution is 2.42. The summed E-state index contributed by atoms with van der Waals surface area (Å²) >= 11 is 0. The molecule has 3 fully saturated rings. The second-order valence-corrected chi connectivity index (χ2v) is 8.62. The fourth-order valence-corrected chi connectivity index (χ4v) is 4.99. The summed E-state index contributed by atoms with van der Waals surface area (Å²) in [5.74, 6) is 1.35. The van der Waals surface area contributed by atoms with Gasteiger partial charge in [0.05, 0.1) is 12.6 Å². The molecule has 4 rings (SSSR count). The molecule has 0 radical (unpaired) electrons. The summed E-state index contributed by atoms with van der Waals surface area (Å²) in [5, 5.41) is 17.9. The summed E-state index contributed by atoms with van der Waals surface area (Å²) < 4.78 is 1.99. The molecule has 144 valence electrons. The molecular weight excluding hydrogens is 330 g/mol. The Labute approximate surface area is 155 Å². The molecule has 1 aromatic heterocycles. The highest BCUT2D eigenvalue weighted by atomic mass is 16.3. The zero-order valence-corrected chi connectivity index (χ0v) is 15.8. The van der Waals surface area contributed by atoms with Crippen LogP contribution in [0.25, 0.3) is 0 Å². The van der Waals surface area contributed by atoms with Gasteiger partial charge in [0.15, 0.2) is 0 Å². The van der Waals surface area contributed by atoms with Gasteiger partial charge in [0, 0.05) is 26.1 Å². The van der Waals surface area contributed by atoms with E-state index in [1.54, 1.807) is 6.33 Å². The standard InChI is InChI=1S/C19H31N5O2/c1-22-14-20-21-17(22)12-23-10-8-19(9-11-23)7-6-18(26)24(13-19)15-2-4-16(25)5-3-15/h14-16,25H,2-13H2,1H3. The Morgan fingerprint density at radius 2 is 1.92 bits per heavy atom. The maximum absolute atomic E-state index is 12.5. The predicted octanol–water partition coefficient (Wildman–Crippen LogP) is 1.32. The molecule has 1 spiro atoms. The van der Waals surface area contributed by atoms with Crippen LogP contribution in [0.1, 0.15) is 57.2 Å². The van der Waals surface area contributed by atoms with E-state index in [0.29, 0.717) is 23.8 Å². The molecule has 0 aromatic carbocycles. The van der Waals surface area contributed by atoms with Crippen LogP contribution in [0, 0.1) is 5.41 Å². The number of aliphatic hydroxyl groups excluding tert-OH is 1. The van der Waals surface area contributed by atoms with Gasteiger partial charge in [-0.15, -0.1) is 10.2 Å². The fraction of sp³-hybridized carbons (Fsp3) is 0.842. The fourth-order valence-electron chi connectivity index (χ4n) is 4.99. The van der Waals surface area contributed by atoms with Crippen LogP contribution in [0.5, 0.6) is 0 Å². The Bertz CT molecular complexity index is 630. The van der Waals surface area contributed by atoms with E-state index in [9.17, 15) is 9.90 Å². The number of hydrogen-bond acceptors (Lipinski definition) is 5. The number of aromatic nitrogens is 3. The van der Waals surface area contributed by atoms with Crippen LogP contribution in [-0.4, -0.2) is 67.4 Å². The third-order valence-electron chi connectivity index (χ3n) is 6.89. The van der Waals surface area contributed by atoms with Gasteiger partial charge in [-0.1, -0.05) is 0 Å². The molecule has 2 saturated heterocycles. The molecule has 0 bridgehead atoms. The smallest absolute Gasteiger partial charge is 0.222 e. The van der Waals surface area contributed by atoms with Gasteiger partial charge < -0.3 is 14.6 Å². The van der Waals surface area contributed by atoms with Crippen LogP contribution >= 0.6 is 0 Å². The minimum Gasteiger partial charge on any atom is -0.393 e. The van der Waals surface area contributed by atoms with Gasteiger partial charge in [-0.3, -0.25) is 9.69 Å². The number of amides is 1. The zero-order valence-electron chi connectivity index (χ0n) is 15.8. The van der Waals surface area contributed by atoms with E-state index >= 15 is 0 Å². The lowest BCUT2D eigenvalue weighted by Gasteiger charge is -2.50. The van der Waals surface area contributed by atoms with Crippen molar-refractivity contribution in [2.75, 3.05) is 19.6 Å². The second-order valence-electron chi connectivity index (χ2n) is 8.62. The number of carbonyl (C=O) groups is 1. The average molecular weight is 361 g/mol. The van der Waals surface area contributed by atoms with Crippen LogP contribution < -0.4 is 0 Å². The molecule has 2 aliphatic heterocycles. The third-order valence-corrected chi connectivity index (χ3v) is 6.89. The van der Waals surface area contributed by atoms with Gasteiger partial charge in [0.2, 0.25) is 5.91 Å². The highest BCUT2D eigenvalue weighted by molar-refractivity contribution is 5.77. The van der Waals surface area contributed by atoms with Crippen LogP contribution in [0.4, 0.5) is 0 Å². The van der Waals surface area contributed by atoms with Gasteiger partial charge in [0.25, 0.3) is 0 Å². The quantitative estimate of drug-likeness (QED) is 0.879. The molecule has 3 heterocycles. The molecule has 0 atom stereocenters. The molecule has 3 aliphatic rings. The van der Waals surface area contributed by atoms with Crippen molar-refractivity contribution >= 4 is 5.91 Å². The number of hydrogen-bond donors (Lipinski definition) is 1. The summed E-state index contributed by atoms with van der Waals surface area (Å²) in [6, 6.07) is 0.347. The predicted molar refractivity (Wildman–Crippen MR) is 97.2 cm³/mol. The first kappa shape index (κ1) is 17.9. The van der Waals surface area contributed by atoms with Crippen molar-refractivity contribution in [3.05, 3.63) is 12.2 Å². The number of likely N-dealkylation sites (tertiary alicyclic amines) is 2. The Hall–Kier alpha value is -1.47. The van der Waals surface area contributed by atoms with Crippen molar-refractivity contribution in [2.45, 2.75) is 70.1 Å². The number of piperidine rings is 2. The van der Waals surface area contributed by atoms with E-state index in [4.69, 9.17) is 0 Å². The maximum atomic E-state index is 12.5. The Morgan fingerprint density at radius 1 is 1.19 bits per heavy atom. The largest absolute Gasteiger partial charge is 0.393 e. The van der Waals surface area contributed by atoms with Gasteiger partial charge in [-0.25, -0.2) is 0 Å². The third kappa shape index (κ3) is 3.64. The molecule has 26 heavy (non-hydrogen) atoms. The van der Waals surface area contributed by atoms with E-state index in [1.165, 1.54) is 0 Å². The van der Waals surface area contributed by atoms with Crippen LogP contribution in [0.15, 0.2) is 6.33 Å². The van der Waals surface area contributed by atoms with Gasteiger partial charge >= 0.3 is 0 Å². The monoisotopic (exact) mass is 361 g/mol. The lowest BCUT2D eigenvalue weighted by molar-refractivity contribution is -0.144. The maximum Gasteiger partial charge on any atom is 0.222 e.